The lowest BCUT2D eigenvalue weighted by Gasteiger charge is -2.10. The lowest BCUT2D eigenvalue weighted by atomic mass is 10.1. The van der Waals surface area contributed by atoms with Gasteiger partial charge in [0.05, 0.1) is 12.1 Å². The summed E-state index contributed by atoms with van der Waals surface area (Å²) in [7, 11) is 0. The fraction of sp³-hybridized carbons (Fsp3) is 0.929. The van der Waals surface area contributed by atoms with Crippen LogP contribution in [0.25, 0.3) is 0 Å². The zero-order valence-electron chi connectivity index (χ0n) is 11.1. The molecule has 0 aromatic carbocycles. The minimum Gasteiger partial charge on any atom is -0.302 e. The molecule has 1 unspecified atom stereocenters. The van der Waals surface area contributed by atoms with Gasteiger partial charge in [-0.3, -0.25) is 0 Å². The van der Waals surface area contributed by atoms with Gasteiger partial charge in [-0.1, -0.05) is 58.8 Å². The fourth-order valence-electron chi connectivity index (χ4n) is 1.84. The summed E-state index contributed by atoms with van der Waals surface area (Å²) in [5.41, 5.74) is 0. The lowest BCUT2D eigenvalue weighted by Crippen LogP contribution is -2.28. The summed E-state index contributed by atoms with van der Waals surface area (Å²) in [6, 6.07) is 2.42. The molecule has 2 heteroatoms. The smallest absolute Gasteiger partial charge is 0.0952 e. The summed E-state index contributed by atoms with van der Waals surface area (Å²) >= 11 is 0. The van der Waals surface area contributed by atoms with Crippen LogP contribution in [0.4, 0.5) is 0 Å². The van der Waals surface area contributed by atoms with Crippen molar-refractivity contribution in [2.45, 2.75) is 77.7 Å². The molecule has 0 saturated carbocycles. The number of hydrogen-bond donors (Lipinski definition) is 1. The Balaban J connectivity index is 3.25. The third-order valence-electron chi connectivity index (χ3n) is 2.89. The Morgan fingerprint density at radius 2 is 1.56 bits per heavy atom. The Hall–Kier alpha value is -0.550. The Morgan fingerprint density at radius 1 is 0.938 bits per heavy atom. The molecule has 2 nitrogen and oxygen atoms in total. The number of rotatable bonds is 11. The van der Waals surface area contributed by atoms with Crippen LogP contribution in [0.1, 0.15) is 71.6 Å². The summed E-state index contributed by atoms with van der Waals surface area (Å²) < 4.78 is 0. The van der Waals surface area contributed by atoms with E-state index in [4.69, 9.17) is 5.26 Å². The van der Waals surface area contributed by atoms with E-state index in [0.29, 0.717) is 0 Å². The molecule has 0 aromatic rings. The van der Waals surface area contributed by atoms with Crippen molar-refractivity contribution in [2.75, 3.05) is 6.54 Å². The number of hydrogen-bond acceptors (Lipinski definition) is 2. The van der Waals surface area contributed by atoms with Gasteiger partial charge in [0.2, 0.25) is 0 Å². The first-order valence-electron chi connectivity index (χ1n) is 6.98. The molecule has 0 amide bonds. The van der Waals surface area contributed by atoms with Crippen LogP contribution in [0.3, 0.4) is 0 Å². The number of nitrogens with zero attached hydrogens (tertiary/aromatic N) is 1. The Morgan fingerprint density at radius 3 is 2.12 bits per heavy atom. The molecule has 0 aliphatic carbocycles. The van der Waals surface area contributed by atoms with Crippen molar-refractivity contribution in [1.82, 2.24) is 5.32 Å². The van der Waals surface area contributed by atoms with Crippen LogP contribution >= 0.6 is 0 Å². The molecule has 0 saturated heterocycles. The van der Waals surface area contributed by atoms with Gasteiger partial charge >= 0.3 is 0 Å². The highest BCUT2D eigenvalue weighted by Gasteiger charge is 2.04. The van der Waals surface area contributed by atoms with Crippen molar-refractivity contribution in [1.29, 1.82) is 5.26 Å². The van der Waals surface area contributed by atoms with Crippen molar-refractivity contribution < 1.29 is 0 Å². The van der Waals surface area contributed by atoms with Crippen LogP contribution in [0, 0.1) is 11.3 Å². The Bertz CT molecular complexity index is 172. The van der Waals surface area contributed by atoms with Gasteiger partial charge in [-0.2, -0.15) is 5.26 Å². The predicted octanol–water partition coefficient (Wildman–Crippen LogP) is 4.02. The summed E-state index contributed by atoms with van der Waals surface area (Å²) in [6.07, 6.45) is 11.4. The van der Waals surface area contributed by atoms with Crippen LogP contribution < -0.4 is 5.32 Å². The second-order valence-electron chi connectivity index (χ2n) is 4.55. The van der Waals surface area contributed by atoms with E-state index in [-0.39, 0.29) is 6.04 Å². The summed E-state index contributed by atoms with van der Waals surface area (Å²) in [5, 5.41) is 12.2. The van der Waals surface area contributed by atoms with Gasteiger partial charge in [0.15, 0.2) is 0 Å². The van der Waals surface area contributed by atoms with E-state index >= 15 is 0 Å². The fourth-order valence-corrected chi connectivity index (χ4v) is 1.84. The van der Waals surface area contributed by atoms with Crippen molar-refractivity contribution in [3.63, 3.8) is 0 Å². The summed E-state index contributed by atoms with van der Waals surface area (Å²) in [5.74, 6) is 0. The van der Waals surface area contributed by atoms with Crippen LogP contribution in [0.5, 0.6) is 0 Å². The zero-order chi connectivity index (χ0) is 12.1. The van der Waals surface area contributed by atoms with Crippen molar-refractivity contribution >= 4 is 0 Å². The quantitative estimate of drug-likeness (QED) is 0.538. The molecule has 0 radical (unpaired) electrons. The van der Waals surface area contributed by atoms with Crippen LogP contribution in [-0.2, 0) is 0 Å². The summed E-state index contributed by atoms with van der Waals surface area (Å²) in [6.45, 7) is 5.35. The molecular weight excluding hydrogens is 196 g/mol. The van der Waals surface area contributed by atoms with Crippen molar-refractivity contribution in [3.8, 4) is 6.07 Å². The highest BCUT2D eigenvalue weighted by molar-refractivity contribution is 4.89. The largest absolute Gasteiger partial charge is 0.302 e. The van der Waals surface area contributed by atoms with Crippen LogP contribution in [0.2, 0.25) is 0 Å². The normalized spacial score (nSPS) is 12.3. The zero-order valence-corrected chi connectivity index (χ0v) is 11.1. The van der Waals surface area contributed by atoms with Gasteiger partial charge in [-0.25, -0.2) is 0 Å². The molecule has 0 aliphatic rings. The third kappa shape index (κ3) is 9.98. The second kappa shape index (κ2) is 12.5. The average molecular weight is 224 g/mol. The van der Waals surface area contributed by atoms with E-state index in [2.05, 4.69) is 25.2 Å². The molecule has 0 bridgehead atoms. The predicted molar refractivity (Wildman–Crippen MR) is 70.3 cm³/mol. The van der Waals surface area contributed by atoms with Gasteiger partial charge in [0, 0.05) is 0 Å². The van der Waals surface area contributed by atoms with E-state index in [0.717, 1.165) is 19.4 Å². The molecule has 0 aromatic heterocycles. The van der Waals surface area contributed by atoms with E-state index in [1.165, 1.54) is 44.9 Å². The number of nitrogens with one attached hydrogen (secondary N) is 1. The number of nitriles is 1. The maximum absolute atomic E-state index is 8.91. The van der Waals surface area contributed by atoms with E-state index in [9.17, 15) is 0 Å². The van der Waals surface area contributed by atoms with Gasteiger partial charge in [-0.05, 0) is 19.4 Å². The average Bonchev–Trinajstić information content (AvgIpc) is 2.32. The number of unbranched alkanes of at least 4 members (excludes halogenated alkanes) is 6. The first kappa shape index (κ1) is 15.4. The minimum atomic E-state index is 0.0793. The first-order chi connectivity index (χ1) is 7.85. The maximum Gasteiger partial charge on any atom is 0.0952 e. The highest BCUT2D eigenvalue weighted by atomic mass is 14.9. The van der Waals surface area contributed by atoms with E-state index in [1.54, 1.807) is 0 Å². The maximum atomic E-state index is 8.91. The molecule has 0 rings (SSSR count). The Kier molecular flexibility index (Phi) is 12.1. The van der Waals surface area contributed by atoms with Crippen molar-refractivity contribution in [3.05, 3.63) is 0 Å². The molecule has 16 heavy (non-hydrogen) atoms. The second-order valence-corrected chi connectivity index (χ2v) is 4.55. The molecule has 0 aliphatic heterocycles. The molecule has 0 fully saturated rings. The Labute approximate surface area is 101 Å². The molecule has 1 atom stereocenters. The SMILES string of the molecule is CCCCCCCCCC(C#N)NCCC. The standard InChI is InChI=1S/C14H28N2/c1-3-5-6-7-8-9-10-11-14(13-15)16-12-4-2/h14,16H,3-12H2,1-2H3. The minimum absolute atomic E-state index is 0.0793. The molecule has 0 spiro atoms. The molecule has 0 heterocycles. The van der Waals surface area contributed by atoms with Gasteiger partial charge in [-0.15, -0.1) is 0 Å². The molecule has 1 N–H and O–H groups in total. The molecule has 94 valence electrons. The van der Waals surface area contributed by atoms with Crippen LogP contribution in [-0.4, -0.2) is 12.6 Å². The summed E-state index contributed by atoms with van der Waals surface area (Å²) in [4.78, 5) is 0. The molecular formula is C14H28N2. The van der Waals surface area contributed by atoms with E-state index in [1.807, 2.05) is 0 Å². The van der Waals surface area contributed by atoms with Crippen molar-refractivity contribution in [2.24, 2.45) is 0 Å². The van der Waals surface area contributed by atoms with Gasteiger partial charge in [0.1, 0.15) is 0 Å². The van der Waals surface area contributed by atoms with Gasteiger partial charge in [0.25, 0.3) is 0 Å². The van der Waals surface area contributed by atoms with Gasteiger partial charge < -0.3 is 5.32 Å². The topological polar surface area (TPSA) is 35.8 Å². The highest BCUT2D eigenvalue weighted by Crippen LogP contribution is 2.09. The third-order valence-corrected chi connectivity index (χ3v) is 2.89. The monoisotopic (exact) mass is 224 g/mol. The van der Waals surface area contributed by atoms with Crippen LogP contribution in [0.15, 0.2) is 0 Å². The first-order valence-corrected chi connectivity index (χ1v) is 6.98. The van der Waals surface area contributed by atoms with E-state index < -0.39 is 0 Å². The lowest BCUT2D eigenvalue weighted by molar-refractivity contribution is 0.512.